The van der Waals surface area contributed by atoms with E-state index in [4.69, 9.17) is 4.74 Å². The lowest BCUT2D eigenvalue weighted by molar-refractivity contribution is 0.0474. The standard InChI is InChI=1S/C20H17NO4/c1-2-17(22)16-11-21-18-14(9-6-10-15(18)19(16)23)12-25-20(24)13-7-4-3-5-8-13/h3-11H,2,12H2,1H3,(H,21,23). The molecule has 1 heterocycles. The molecule has 1 N–H and O–H groups in total. The number of rotatable bonds is 5. The number of aromatic nitrogens is 1. The van der Waals surface area contributed by atoms with Gasteiger partial charge in [-0.1, -0.05) is 37.3 Å². The summed E-state index contributed by atoms with van der Waals surface area (Å²) in [6.45, 7) is 1.74. The first-order valence-electron chi connectivity index (χ1n) is 8.00. The minimum atomic E-state index is -0.433. The molecule has 2 aromatic carbocycles. The second kappa shape index (κ2) is 7.13. The van der Waals surface area contributed by atoms with Crippen molar-refractivity contribution in [2.45, 2.75) is 20.0 Å². The molecule has 5 nitrogen and oxygen atoms in total. The number of nitrogens with one attached hydrogen (secondary N) is 1. The molecule has 3 aromatic rings. The fourth-order valence-electron chi connectivity index (χ4n) is 2.63. The smallest absolute Gasteiger partial charge is 0.338 e. The fourth-order valence-corrected chi connectivity index (χ4v) is 2.63. The Morgan fingerprint density at radius 3 is 2.52 bits per heavy atom. The van der Waals surface area contributed by atoms with Crippen LogP contribution in [0.5, 0.6) is 0 Å². The Kier molecular flexibility index (Phi) is 4.75. The van der Waals surface area contributed by atoms with Crippen molar-refractivity contribution < 1.29 is 14.3 Å². The van der Waals surface area contributed by atoms with Crippen molar-refractivity contribution in [3.63, 3.8) is 0 Å². The van der Waals surface area contributed by atoms with Gasteiger partial charge in [0.2, 0.25) is 0 Å². The summed E-state index contributed by atoms with van der Waals surface area (Å²) in [6, 6.07) is 13.8. The number of hydrogen-bond donors (Lipinski definition) is 1. The zero-order valence-corrected chi connectivity index (χ0v) is 13.7. The summed E-state index contributed by atoms with van der Waals surface area (Å²) < 4.78 is 5.33. The average Bonchev–Trinajstić information content (AvgIpc) is 2.66. The monoisotopic (exact) mass is 335 g/mol. The van der Waals surface area contributed by atoms with Gasteiger partial charge < -0.3 is 9.72 Å². The van der Waals surface area contributed by atoms with Gasteiger partial charge in [-0.3, -0.25) is 9.59 Å². The van der Waals surface area contributed by atoms with Crippen molar-refractivity contribution in [2.24, 2.45) is 0 Å². The molecule has 0 unspecified atom stereocenters. The van der Waals surface area contributed by atoms with E-state index in [1.54, 1.807) is 49.4 Å². The fraction of sp³-hybridized carbons (Fsp3) is 0.150. The van der Waals surface area contributed by atoms with Crippen LogP contribution in [0.2, 0.25) is 0 Å². The van der Waals surface area contributed by atoms with Gasteiger partial charge in [0.05, 0.1) is 16.6 Å². The Bertz CT molecular complexity index is 989. The Balaban J connectivity index is 1.90. The highest BCUT2D eigenvalue weighted by Gasteiger charge is 2.14. The largest absolute Gasteiger partial charge is 0.457 e. The van der Waals surface area contributed by atoms with Crippen LogP contribution in [0.1, 0.15) is 39.6 Å². The average molecular weight is 335 g/mol. The number of H-pyrrole nitrogens is 1. The molecule has 0 aliphatic heterocycles. The zero-order chi connectivity index (χ0) is 17.8. The first-order chi connectivity index (χ1) is 12.1. The summed E-state index contributed by atoms with van der Waals surface area (Å²) in [5, 5.41) is 0.410. The highest BCUT2D eigenvalue weighted by molar-refractivity contribution is 5.98. The van der Waals surface area contributed by atoms with Crippen LogP contribution in [-0.4, -0.2) is 16.7 Å². The highest BCUT2D eigenvalue weighted by atomic mass is 16.5. The summed E-state index contributed by atoms with van der Waals surface area (Å²) in [5.74, 6) is -0.637. The van der Waals surface area contributed by atoms with Gasteiger partial charge in [0, 0.05) is 23.6 Å². The number of benzene rings is 2. The van der Waals surface area contributed by atoms with Crippen LogP contribution in [0.3, 0.4) is 0 Å². The van der Waals surface area contributed by atoms with E-state index in [0.29, 0.717) is 22.0 Å². The van der Waals surface area contributed by atoms with Crippen molar-refractivity contribution in [1.82, 2.24) is 4.98 Å². The maximum atomic E-state index is 12.5. The second-order valence-corrected chi connectivity index (χ2v) is 5.59. The molecule has 0 fully saturated rings. The molecule has 0 aliphatic carbocycles. The number of ketones is 1. The lowest BCUT2D eigenvalue weighted by Gasteiger charge is -2.09. The Morgan fingerprint density at radius 2 is 1.80 bits per heavy atom. The van der Waals surface area contributed by atoms with Gasteiger partial charge in [0.15, 0.2) is 11.2 Å². The number of para-hydroxylation sites is 1. The summed E-state index contributed by atoms with van der Waals surface area (Å²) in [5.41, 5.74) is 1.55. The molecular weight excluding hydrogens is 318 g/mol. The van der Waals surface area contributed by atoms with Gasteiger partial charge in [-0.25, -0.2) is 4.79 Å². The van der Waals surface area contributed by atoms with Crippen molar-refractivity contribution in [1.29, 1.82) is 0 Å². The summed E-state index contributed by atoms with van der Waals surface area (Å²) >= 11 is 0. The molecular formula is C20H17NO4. The molecule has 25 heavy (non-hydrogen) atoms. The van der Waals surface area contributed by atoms with E-state index in [1.807, 2.05) is 6.07 Å². The van der Waals surface area contributed by atoms with Crippen LogP contribution in [-0.2, 0) is 11.3 Å². The molecule has 5 heteroatoms. The van der Waals surface area contributed by atoms with Crippen LogP contribution < -0.4 is 5.43 Å². The van der Waals surface area contributed by atoms with Crippen LogP contribution in [0.25, 0.3) is 10.9 Å². The third-order valence-corrected chi connectivity index (χ3v) is 3.99. The van der Waals surface area contributed by atoms with Gasteiger partial charge in [0.1, 0.15) is 6.61 Å². The molecule has 0 spiro atoms. The van der Waals surface area contributed by atoms with Crippen LogP contribution in [0.4, 0.5) is 0 Å². The minimum absolute atomic E-state index is 0.0298. The number of fused-ring (bicyclic) bond motifs is 1. The maximum absolute atomic E-state index is 12.5. The third kappa shape index (κ3) is 3.35. The van der Waals surface area contributed by atoms with Crippen LogP contribution in [0.15, 0.2) is 59.5 Å². The highest BCUT2D eigenvalue weighted by Crippen LogP contribution is 2.16. The third-order valence-electron chi connectivity index (χ3n) is 3.99. The van der Waals surface area contributed by atoms with E-state index in [2.05, 4.69) is 4.98 Å². The van der Waals surface area contributed by atoms with E-state index in [9.17, 15) is 14.4 Å². The van der Waals surface area contributed by atoms with E-state index in [0.717, 1.165) is 0 Å². The number of aromatic amines is 1. The molecule has 0 aliphatic rings. The van der Waals surface area contributed by atoms with Crippen molar-refractivity contribution >= 4 is 22.7 Å². The first-order valence-corrected chi connectivity index (χ1v) is 8.00. The van der Waals surface area contributed by atoms with Gasteiger partial charge in [-0.05, 0) is 18.2 Å². The number of carbonyl (C=O) groups excluding carboxylic acids is 2. The van der Waals surface area contributed by atoms with Crippen LogP contribution in [0, 0.1) is 0 Å². The lowest BCUT2D eigenvalue weighted by atomic mass is 10.0. The zero-order valence-electron chi connectivity index (χ0n) is 13.7. The molecule has 126 valence electrons. The Morgan fingerprint density at radius 1 is 1.04 bits per heavy atom. The molecule has 0 amide bonds. The predicted molar refractivity (Wildman–Crippen MR) is 94.8 cm³/mol. The second-order valence-electron chi connectivity index (χ2n) is 5.59. The van der Waals surface area contributed by atoms with E-state index >= 15 is 0 Å². The molecule has 0 saturated carbocycles. The summed E-state index contributed by atoms with van der Waals surface area (Å²) in [7, 11) is 0. The van der Waals surface area contributed by atoms with E-state index in [1.165, 1.54) is 6.20 Å². The molecule has 1 aromatic heterocycles. The Labute approximate surface area is 144 Å². The van der Waals surface area contributed by atoms with E-state index < -0.39 is 5.97 Å². The number of pyridine rings is 1. The number of hydrogen-bond acceptors (Lipinski definition) is 4. The van der Waals surface area contributed by atoms with Gasteiger partial charge in [-0.15, -0.1) is 0 Å². The van der Waals surface area contributed by atoms with Crippen LogP contribution >= 0.6 is 0 Å². The first kappa shape index (κ1) is 16.6. The molecule has 3 rings (SSSR count). The number of carbonyl (C=O) groups is 2. The maximum Gasteiger partial charge on any atom is 0.338 e. The predicted octanol–water partition coefficient (Wildman–Crippen LogP) is 3.48. The topological polar surface area (TPSA) is 76.2 Å². The molecule has 0 atom stereocenters. The summed E-state index contributed by atoms with van der Waals surface area (Å²) in [6.07, 6.45) is 1.70. The number of ether oxygens (including phenoxy) is 1. The van der Waals surface area contributed by atoms with Gasteiger partial charge in [0.25, 0.3) is 0 Å². The Hall–Kier alpha value is -3.21. The minimum Gasteiger partial charge on any atom is -0.457 e. The van der Waals surface area contributed by atoms with Crippen molar-refractivity contribution in [3.8, 4) is 0 Å². The van der Waals surface area contributed by atoms with Crippen molar-refractivity contribution in [3.05, 3.63) is 81.6 Å². The normalized spacial score (nSPS) is 10.6. The number of Topliss-reactive ketones (excluding diaryl/α,β-unsaturated/α-hetero) is 1. The molecule has 0 bridgehead atoms. The van der Waals surface area contributed by atoms with E-state index in [-0.39, 0.29) is 29.8 Å². The van der Waals surface area contributed by atoms with Gasteiger partial charge in [-0.2, -0.15) is 0 Å². The molecule has 0 radical (unpaired) electrons. The van der Waals surface area contributed by atoms with Gasteiger partial charge >= 0.3 is 5.97 Å². The van der Waals surface area contributed by atoms with Crippen molar-refractivity contribution in [2.75, 3.05) is 0 Å². The lowest BCUT2D eigenvalue weighted by Crippen LogP contribution is -2.16. The summed E-state index contributed by atoms with van der Waals surface area (Å²) in [4.78, 5) is 39.4. The number of esters is 1. The SMILES string of the molecule is CCC(=O)c1c[nH]c2c(COC(=O)c3ccccc3)cccc2c1=O. The quantitative estimate of drug-likeness (QED) is 0.572. The molecule has 0 saturated heterocycles.